The van der Waals surface area contributed by atoms with E-state index in [1.165, 1.54) is 0 Å². The van der Waals surface area contributed by atoms with Crippen LogP contribution in [0.5, 0.6) is 11.6 Å². The Hall–Kier alpha value is -2.54. The largest absolute Gasteiger partial charge is 0.437 e. The van der Waals surface area contributed by atoms with E-state index in [0.717, 1.165) is 11.1 Å². The van der Waals surface area contributed by atoms with Gasteiger partial charge in [-0.2, -0.15) is 5.26 Å². The highest BCUT2D eigenvalue weighted by Crippen LogP contribution is 2.29. The van der Waals surface area contributed by atoms with Crippen molar-refractivity contribution in [1.82, 2.24) is 4.98 Å². The molecule has 0 aliphatic carbocycles. The monoisotopic (exact) mass is 239 g/mol. The molecule has 0 bridgehead atoms. The lowest BCUT2D eigenvalue weighted by molar-refractivity contribution is 0.458. The third-order valence-corrected chi connectivity index (χ3v) is 2.66. The van der Waals surface area contributed by atoms with Crippen molar-refractivity contribution in [1.29, 1.82) is 5.26 Å². The van der Waals surface area contributed by atoms with Gasteiger partial charge in [0.25, 0.3) is 0 Å². The minimum Gasteiger partial charge on any atom is -0.437 e. The maximum Gasteiger partial charge on any atom is 0.237 e. The highest BCUT2D eigenvalue weighted by atomic mass is 16.5. The summed E-state index contributed by atoms with van der Waals surface area (Å²) in [6.45, 7) is 3.87. The summed E-state index contributed by atoms with van der Waals surface area (Å²) in [5, 5.41) is 8.97. The number of rotatable bonds is 2. The zero-order valence-corrected chi connectivity index (χ0v) is 10.3. The Morgan fingerprint density at radius 2 is 2.06 bits per heavy atom. The molecule has 90 valence electrons. The van der Waals surface area contributed by atoms with E-state index in [9.17, 15) is 0 Å². The van der Waals surface area contributed by atoms with Crippen molar-refractivity contribution >= 4 is 5.69 Å². The quantitative estimate of drug-likeness (QED) is 0.818. The summed E-state index contributed by atoms with van der Waals surface area (Å²) >= 11 is 0. The van der Waals surface area contributed by atoms with Crippen molar-refractivity contribution in [3.63, 3.8) is 0 Å². The number of ether oxygens (including phenoxy) is 1. The zero-order chi connectivity index (χ0) is 13.1. The summed E-state index contributed by atoms with van der Waals surface area (Å²) in [6, 6.07) is 9.10. The first kappa shape index (κ1) is 11.9. The molecule has 18 heavy (non-hydrogen) atoms. The molecule has 2 N–H and O–H groups in total. The van der Waals surface area contributed by atoms with Gasteiger partial charge >= 0.3 is 0 Å². The van der Waals surface area contributed by atoms with Gasteiger partial charge in [0.2, 0.25) is 5.88 Å². The first-order valence-electron chi connectivity index (χ1n) is 5.51. The standard InChI is InChI=1S/C14H13N3O/c1-9-6-10(2)13(7-12(9)16)18-14-11(8-15)4-3-5-17-14/h3-7H,16H2,1-2H3. The summed E-state index contributed by atoms with van der Waals surface area (Å²) < 4.78 is 5.65. The number of anilines is 1. The molecule has 2 rings (SSSR count). The molecule has 0 unspecified atom stereocenters. The number of pyridine rings is 1. The van der Waals surface area contributed by atoms with Gasteiger partial charge in [0, 0.05) is 18.0 Å². The molecule has 0 amide bonds. The van der Waals surface area contributed by atoms with Crippen molar-refractivity contribution in [2.45, 2.75) is 13.8 Å². The molecular weight excluding hydrogens is 226 g/mol. The average molecular weight is 239 g/mol. The molecule has 1 heterocycles. The lowest BCUT2D eigenvalue weighted by atomic mass is 10.1. The number of hydrogen-bond donors (Lipinski definition) is 1. The number of hydrogen-bond acceptors (Lipinski definition) is 4. The van der Waals surface area contributed by atoms with Crippen LogP contribution < -0.4 is 10.5 Å². The predicted molar refractivity (Wildman–Crippen MR) is 69.4 cm³/mol. The Labute approximate surface area is 106 Å². The summed E-state index contributed by atoms with van der Waals surface area (Å²) in [5.74, 6) is 0.916. The highest BCUT2D eigenvalue weighted by Gasteiger charge is 2.09. The molecule has 0 radical (unpaired) electrons. The van der Waals surface area contributed by atoms with E-state index in [-0.39, 0.29) is 0 Å². The molecule has 0 saturated carbocycles. The predicted octanol–water partition coefficient (Wildman–Crippen LogP) is 2.94. The molecule has 2 aromatic rings. The summed E-state index contributed by atoms with van der Waals surface area (Å²) in [4.78, 5) is 4.05. The average Bonchev–Trinajstić information content (AvgIpc) is 2.36. The van der Waals surface area contributed by atoms with Gasteiger partial charge in [0.15, 0.2) is 0 Å². The Bertz CT molecular complexity index is 629. The molecule has 0 saturated heterocycles. The highest BCUT2D eigenvalue weighted by molar-refractivity contribution is 5.55. The minimum absolute atomic E-state index is 0.298. The van der Waals surface area contributed by atoms with Crippen molar-refractivity contribution in [2.75, 3.05) is 5.73 Å². The SMILES string of the molecule is Cc1cc(C)c(Oc2ncccc2C#N)cc1N. The summed E-state index contributed by atoms with van der Waals surface area (Å²) in [5.41, 5.74) is 8.86. The fraction of sp³-hybridized carbons (Fsp3) is 0.143. The molecule has 0 aliphatic rings. The van der Waals surface area contributed by atoms with Crippen LogP contribution in [0.4, 0.5) is 5.69 Å². The van der Waals surface area contributed by atoms with Crippen LogP contribution in [0.3, 0.4) is 0 Å². The van der Waals surface area contributed by atoms with E-state index < -0.39 is 0 Å². The smallest absolute Gasteiger partial charge is 0.237 e. The molecule has 0 spiro atoms. The topological polar surface area (TPSA) is 71.9 Å². The number of nitrogens with two attached hydrogens (primary N) is 1. The second-order valence-corrected chi connectivity index (χ2v) is 4.04. The maximum absolute atomic E-state index is 8.97. The Morgan fingerprint density at radius 3 is 2.78 bits per heavy atom. The fourth-order valence-corrected chi connectivity index (χ4v) is 1.62. The minimum atomic E-state index is 0.298. The molecule has 1 aromatic carbocycles. The van der Waals surface area contributed by atoms with E-state index in [0.29, 0.717) is 22.9 Å². The van der Waals surface area contributed by atoms with Crippen LogP contribution in [0.1, 0.15) is 16.7 Å². The van der Waals surface area contributed by atoms with Gasteiger partial charge in [-0.1, -0.05) is 6.07 Å². The lowest BCUT2D eigenvalue weighted by Gasteiger charge is -2.11. The molecule has 4 heteroatoms. The zero-order valence-electron chi connectivity index (χ0n) is 10.3. The van der Waals surface area contributed by atoms with Crippen molar-refractivity contribution < 1.29 is 4.74 Å². The van der Waals surface area contributed by atoms with Crippen LogP contribution in [0, 0.1) is 25.2 Å². The molecule has 0 atom stereocenters. The Morgan fingerprint density at radius 1 is 1.28 bits per heavy atom. The summed E-state index contributed by atoms with van der Waals surface area (Å²) in [7, 11) is 0. The Balaban J connectivity index is 2.41. The van der Waals surface area contributed by atoms with E-state index in [1.54, 1.807) is 24.4 Å². The number of benzene rings is 1. The number of nitrogens with zero attached hydrogens (tertiary/aromatic N) is 2. The third-order valence-electron chi connectivity index (χ3n) is 2.66. The molecule has 4 nitrogen and oxygen atoms in total. The summed E-state index contributed by atoms with van der Waals surface area (Å²) in [6.07, 6.45) is 1.59. The van der Waals surface area contributed by atoms with E-state index >= 15 is 0 Å². The van der Waals surface area contributed by atoms with E-state index in [2.05, 4.69) is 4.98 Å². The number of nitriles is 1. The van der Waals surface area contributed by atoms with E-state index in [4.69, 9.17) is 15.7 Å². The van der Waals surface area contributed by atoms with Gasteiger partial charge in [-0.05, 0) is 37.1 Å². The van der Waals surface area contributed by atoms with Crippen molar-refractivity contribution in [3.8, 4) is 17.7 Å². The van der Waals surface area contributed by atoms with Gasteiger partial charge in [0.1, 0.15) is 17.4 Å². The van der Waals surface area contributed by atoms with Gasteiger partial charge in [0.05, 0.1) is 0 Å². The van der Waals surface area contributed by atoms with Crippen LogP contribution in [0.15, 0.2) is 30.5 Å². The fourth-order valence-electron chi connectivity index (χ4n) is 1.62. The normalized spacial score (nSPS) is 9.83. The van der Waals surface area contributed by atoms with Crippen LogP contribution in [-0.2, 0) is 0 Å². The molecule has 1 aromatic heterocycles. The van der Waals surface area contributed by atoms with E-state index in [1.807, 2.05) is 26.0 Å². The molecule has 0 fully saturated rings. The second-order valence-electron chi connectivity index (χ2n) is 4.04. The van der Waals surface area contributed by atoms with Gasteiger partial charge in [-0.15, -0.1) is 0 Å². The van der Waals surface area contributed by atoms with Gasteiger partial charge in [-0.25, -0.2) is 4.98 Å². The third kappa shape index (κ3) is 2.25. The maximum atomic E-state index is 8.97. The number of aryl methyl sites for hydroxylation is 2. The van der Waals surface area contributed by atoms with Gasteiger partial charge < -0.3 is 10.5 Å². The molecule has 0 aliphatic heterocycles. The second kappa shape index (κ2) is 4.76. The van der Waals surface area contributed by atoms with Crippen molar-refractivity contribution in [3.05, 3.63) is 47.2 Å². The van der Waals surface area contributed by atoms with Crippen LogP contribution in [0.25, 0.3) is 0 Å². The molecular formula is C14H13N3O. The number of aromatic nitrogens is 1. The first-order valence-corrected chi connectivity index (χ1v) is 5.51. The van der Waals surface area contributed by atoms with Gasteiger partial charge in [-0.3, -0.25) is 0 Å². The van der Waals surface area contributed by atoms with Crippen LogP contribution in [-0.4, -0.2) is 4.98 Å². The Kier molecular flexibility index (Phi) is 3.16. The van der Waals surface area contributed by atoms with Crippen LogP contribution >= 0.6 is 0 Å². The van der Waals surface area contributed by atoms with Crippen LogP contribution in [0.2, 0.25) is 0 Å². The number of nitrogen functional groups attached to an aromatic ring is 1. The first-order chi connectivity index (χ1) is 8.61. The van der Waals surface area contributed by atoms with Crippen molar-refractivity contribution in [2.24, 2.45) is 0 Å². The lowest BCUT2D eigenvalue weighted by Crippen LogP contribution is -1.96.